The topological polar surface area (TPSA) is 124 Å². The number of alkyl halides is 1. The maximum Gasteiger partial charge on any atom is 0.355 e. The minimum atomic E-state index is -1.67. The molecule has 140 valence electrons. The Morgan fingerprint density at radius 2 is 2.15 bits per heavy atom. The summed E-state index contributed by atoms with van der Waals surface area (Å²) in [6.45, 7) is 2.19. The number of carboxylic acids is 1. The fourth-order valence-corrected chi connectivity index (χ4v) is 2.64. The minimum Gasteiger partial charge on any atom is -0.476 e. The third-order valence-corrected chi connectivity index (χ3v) is 4.25. The van der Waals surface area contributed by atoms with E-state index in [0.29, 0.717) is 0 Å². The molecule has 2 aromatic rings. The molecule has 0 radical (unpaired) electrons. The zero-order valence-electron chi connectivity index (χ0n) is 13.8. The predicted molar refractivity (Wildman–Crippen MR) is 95.1 cm³/mol. The average Bonchev–Trinajstić information content (AvgIpc) is 3.00. The fourth-order valence-electron chi connectivity index (χ4n) is 1.79. The van der Waals surface area contributed by atoms with Crippen LogP contribution in [0.1, 0.15) is 34.7 Å². The summed E-state index contributed by atoms with van der Waals surface area (Å²) in [6, 6.07) is 1.36. The number of aliphatic hydroxyl groups is 1. The molecule has 0 spiro atoms. The second kappa shape index (κ2) is 7.94. The standard InChI is InChI=1S/C15H16ClFN4O4S/c1-15(2,25)10(17)5-19-12(22)7-4-18-11(16)3-8(7)20-14-21-9(6-26-14)13(23)24/h3-4,6,10,25H,5H2,1-2H3,(H,19,22)(H,23,24)(H,18,20,21)/t10-/m1/s1. The lowest BCUT2D eigenvalue weighted by Gasteiger charge is -2.22. The number of hydrogen-bond donors (Lipinski definition) is 4. The number of aromatic nitrogens is 2. The number of halogens is 2. The Labute approximate surface area is 157 Å². The number of carbonyl (C=O) groups is 2. The zero-order valence-corrected chi connectivity index (χ0v) is 15.4. The number of thiazole rings is 1. The molecule has 0 aliphatic heterocycles. The maximum absolute atomic E-state index is 13.8. The van der Waals surface area contributed by atoms with Crippen molar-refractivity contribution < 1.29 is 24.2 Å². The number of anilines is 2. The van der Waals surface area contributed by atoms with Gasteiger partial charge in [0, 0.05) is 11.6 Å². The number of rotatable bonds is 7. The monoisotopic (exact) mass is 402 g/mol. The molecule has 11 heteroatoms. The van der Waals surface area contributed by atoms with Crippen molar-refractivity contribution in [1.82, 2.24) is 15.3 Å². The first kappa shape index (κ1) is 20.0. The number of nitrogens with one attached hydrogen (secondary N) is 2. The van der Waals surface area contributed by atoms with Gasteiger partial charge in [0.25, 0.3) is 5.91 Å². The van der Waals surface area contributed by atoms with Crippen LogP contribution in [0.2, 0.25) is 5.15 Å². The van der Waals surface area contributed by atoms with Crippen LogP contribution in [0.3, 0.4) is 0 Å². The highest BCUT2D eigenvalue weighted by Gasteiger charge is 2.27. The third kappa shape index (κ3) is 5.10. The van der Waals surface area contributed by atoms with Gasteiger partial charge in [-0.1, -0.05) is 11.6 Å². The van der Waals surface area contributed by atoms with Crippen LogP contribution in [0.25, 0.3) is 0 Å². The smallest absolute Gasteiger partial charge is 0.355 e. The van der Waals surface area contributed by atoms with E-state index in [0.717, 1.165) is 11.3 Å². The molecule has 2 heterocycles. The Bertz CT molecular complexity index is 824. The molecule has 26 heavy (non-hydrogen) atoms. The Hall–Kier alpha value is -2.30. The van der Waals surface area contributed by atoms with Crippen LogP contribution in [0.4, 0.5) is 15.2 Å². The van der Waals surface area contributed by atoms with Crippen LogP contribution in [-0.2, 0) is 0 Å². The Morgan fingerprint density at radius 3 is 2.73 bits per heavy atom. The molecule has 2 aromatic heterocycles. The van der Waals surface area contributed by atoms with Gasteiger partial charge < -0.3 is 20.8 Å². The van der Waals surface area contributed by atoms with Crippen molar-refractivity contribution in [1.29, 1.82) is 0 Å². The molecule has 0 aromatic carbocycles. The summed E-state index contributed by atoms with van der Waals surface area (Å²) in [5, 5.41) is 25.3. The molecule has 0 aliphatic rings. The van der Waals surface area contributed by atoms with Crippen molar-refractivity contribution >= 4 is 45.6 Å². The second-order valence-corrected chi connectivity index (χ2v) is 7.10. The van der Waals surface area contributed by atoms with E-state index in [-0.39, 0.29) is 27.2 Å². The maximum atomic E-state index is 13.8. The highest BCUT2D eigenvalue weighted by molar-refractivity contribution is 7.14. The molecule has 0 unspecified atom stereocenters. The highest BCUT2D eigenvalue weighted by atomic mass is 35.5. The van der Waals surface area contributed by atoms with Gasteiger partial charge in [-0.3, -0.25) is 4.79 Å². The first-order valence-electron chi connectivity index (χ1n) is 7.34. The SMILES string of the molecule is CC(C)(O)[C@H](F)CNC(=O)c1cnc(Cl)cc1Nc1nc(C(=O)O)cs1. The molecular formula is C15H16ClFN4O4S. The van der Waals surface area contributed by atoms with Crippen molar-refractivity contribution in [2.24, 2.45) is 0 Å². The summed E-state index contributed by atoms with van der Waals surface area (Å²) in [4.78, 5) is 30.9. The van der Waals surface area contributed by atoms with Crippen molar-refractivity contribution in [2.45, 2.75) is 25.6 Å². The summed E-state index contributed by atoms with van der Waals surface area (Å²) >= 11 is 6.87. The molecule has 0 fully saturated rings. The van der Waals surface area contributed by atoms with E-state index in [1.165, 1.54) is 31.5 Å². The molecule has 4 N–H and O–H groups in total. The van der Waals surface area contributed by atoms with Crippen LogP contribution in [0.15, 0.2) is 17.6 Å². The Balaban J connectivity index is 2.18. The number of aromatic carboxylic acids is 1. The predicted octanol–water partition coefficient (Wildman–Crippen LogP) is 2.47. The molecule has 0 saturated heterocycles. The second-order valence-electron chi connectivity index (χ2n) is 5.85. The molecule has 1 amide bonds. The molecule has 0 bridgehead atoms. The highest BCUT2D eigenvalue weighted by Crippen LogP contribution is 2.25. The summed E-state index contributed by atoms with van der Waals surface area (Å²) in [6.07, 6.45) is -0.469. The van der Waals surface area contributed by atoms with Crippen LogP contribution >= 0.6 is 22.9 Å². The molecule has 2 rings (SSSR count). The van der Waals surface area contributed by atoms with Gasteiger partial charge in [0.15, 0.2) is 10.8 Å². The van der Waals surface area contributed by atoms with Gasteiger partial charge in [-0.25, -0.2) is 19.2 Å². The van der Waals surface area contributed by atoms with Gasteiger partial charge in [0.2, 0.25) is 0 Å². The summed E-state index contributed by atoms with van der Waals surface area (Å²) in [5.41, 5.74) is -1.45. The minimum absolute atomic E-state index is 0.0596. The van der Waals surface area contributed by atoms with Crippen molar-refractivity contribution in [3.63, 3.8) is 0 Å². The molecule has 0 saturated carbocycles. The first-order valence-corrected chi connectivity index (χ1v) is 8.59. The molecule has 1 atom stereocenters. The van der Waals surface area contributed by atoms with Crippen molar-refractivity contribution in [3.05, 3.63) is 34.1 Å². The first-order chi connectivity index (χ1) is 12.1. The van der Waals surface area contributed by atoms with Crippen LogP contribution in [0, 0.1) is 0 Å². The van der Waals surface area contributed by atoms with E-state index in [2.05, 4.69) is 20.6 Å². The third-order valence-electron chi connectivity index (χ3n) is 3.29. The van der Waals surface area contributed by atoms with E-state index in [4.69, 9.17) is 16.7 Å². The van der Waals surface area contributed by atoms with Crippen molar-refractivity contribution in [3.8, 4) is 0 Å². The van der Waals surface area contributed by atoms with Crippen LogP contribution in [0.5, 0.6) is 0 Å². The summed E-state index contributed by atoms with van der Waals surface area (Å²) in [7, 11) is 0. The molecule has 0 aliphatic carbocycles. The molecular weight excluding hydrogens is 387 g/mol. The van der Waals surface area contributed by atoms with Gasteiger partial charge in [0.1, 0.15) is 11.3 Å². The normalized spacial score (nSPS) is 12.5. The largest absolute Gasteiger partial charge is 0.476 e. The Kier molecular flexibility index (Phi) is 6.11. The number of carboxylic acid groups (broad SMARTS) is 1. The zero-order chi connectivity index (χ0) is 19.5. The number of nitrogens with zero attached hydrogens (tertiary/aromatic N) is 2. The van der Waals surface area contributed by atoms with E-state index < -0.39 is 30.2 Å². The van der Waals surface area contributed by atoms with Gasteiger partial charge in [-0.2, -0.15) is 0 Å². The van der Waals surface area contributed by atoms with Gasteiger partial charge >= 0.3 is 5.97 Å². The van der Waals surface area contributed by atoms with Crippen molar-refractivity contribution in [2.75, 3.05) is 11.9 Å². The number of pyridine rings is 1. The van der Waals surface area contributed by atoms with Gasteiger partial charge in [0.05, 0.1) is 23.4 Å². The lowest BCUT2D eigenvalue weighted by atomic mass is 10.0. The number of amides is 1. The van der Waals surface area contributed by atoms with Gasteiger partial charge in [-0.15, -0.1) is 11.3 Å². The quantitative estimate of drug-likeness (QED) is 0.524. The average molecular weight is 403 g/mol. The van der Waals surface area contributed by atoms with Gasteiger partial charge in [-0.05, 0) is 19.9 Å². The summed E-state index contributed by atoms with van der Waals surface area (Å²) in [5.74, 6) is -1.82. The summed E-state index contributed by atoms with van der Waals surface area (Å²) < 4.78 is 13.8. The number of carbonyl (C=O) groups excluding carboxylic acids is 1. The lowest BCUT2D eigenvalue weighted by molar-refractivity contribution is -0.00178. The van der Waals surface area contributed by atoms with E-state index >= 15 is 0 Å². The molecule has 8 nitrogen and oxygen atoms in total. The van der Waals surface area contributed by atoms with Crippen LogP contribution in [-0.4, -0.2) is 50.4 Å². The lowest BCUT2D eigenvalue weighted by Crippen LogP contribution is -2.42. The van der Waals surface area contributed by atoms with E-state index in [9.17, 15) is 19.1 Å². The number of hydrogen-bond acceptors (Lipinski definition) is 7. The van der Waals surface area contributed by atoms with E-state index in [1.807, 2.05) is 0 Å². The Morgan fingerprint density at radius 1 is 1.46 bits per heavy atom. The van der Waals surface area contributed by atoms with E-state index in [1.54, 1.807) is 0 Å². The fraction of sp³-hybridized carbons (Fsp3) is 0.333. The van der Waals surface area contributed by atoms with Crippen LogP contribution < -0.4 is 10.6 Å².